The van der Waals surface area contributed by atoms with Crippen LogP contribution in [0.15, 0.2) is 42.6 Å². The van der Waals surface area contributed by atoms with Crippen LogP contribution < -0.4 is 14.2 Å². The average molecular weight is 583 g/mol. The van der Waals surface area contributed by atoms with E-state index in [1.807, 2.05) is 50.2 Å². The van der Waals surface area contributed by atoms with Gasteiger partial charge in [-0.3, -0.25) is 9.82 Å². The molecule has 0 saturated carbocycles. The van der Waals surface area contributed by atoms with Crippen LogP contribution in [0.4, 0.5) is 9.59 Å². The highest BCUT2D eigenvalue weighted by atomic mass is 16.8. The van der Waals surface area contributed by atoms with E-state index in [0.29, 0.717) is 23.5 Å². The predicted molar refractivity (Wildman–Crippen MR) is 159 cm³/mol. The van der Waals surface area contributed by atoms with Crippen molar-refractivity contribution < 1.29 is 38.1 Å². The molecule has 0 fully saturated rings. The lowest BCUT2D eigenvalue weighted by Crippen LogP contribution is -2.39. The minimum atomic E-state index is -1.04. The quantitative estimate of drug-likeness (QED) is 0.201. The van der Waals surface area contributed by atoms with Crippen LogP contribution in [0.1, 0.15) is 72.2 Å². The summed E-state index contributed by atoms with van der Waals surface area (Å²) in [5.41, 5.74) is 0.706. The van der Waals surface area contributed by atoms with Crippen molar-refractivity contribution in [3.8, 4) is 17.2 Å². The van der Waals surface area contributed by atoms with E-state index in [4.69, 9.17) is 33.5 Å². The molecule has 0 saturated heterocycles. The molecule has 2 aromatic carbocycles. The molecule has 0 unspecified atom stereocenters. The van der Waals surface area contributed by atoms with Crippen molar-refractivity contribution in [1.29, 1.82) is 0 Å². The minimum absolute atomic E-state index is 0.0473. The fourth-order valence-electron chi connectivity index (χ4n) is 4.10. The molecule has 0 atom stereocenters. The Kier molecular flexibility index (Phi) is 10.1. The summed E-state index contributed by atoms with van der Waals surface area (Å²) in [5, 5.41) is 2.34. The van der Waals surface area contributed by atoms with Gasteiger partial charge in [0.2, 0.25) is 0 Å². The molecular formula is C32H42N2O8. The van der Waals surface area contributed by atoms with Crippen LogP contribution >= 0.6 is 0 Å². The Labute approximate surface area is 247 Å². The summed E-state index contributed by atoms with van der Waals surface area (Å²) < 4.78 is 27.8. The summed E-state index contributed by atoms with van der Waals surface area (Å²) in [6.45, 7) is 14.1. The van der Waals surface area contributed by atoms with Crippen molar-refractivity contribution in [2.45, 2.75) is 85.7 Å². The third-order valence-corrected chi connectivity index (χ3v) is 5.68. The highest BCUT2D eigenvalue weighted by Gasteiger charge is 2.29. The van der Waals surface area contributed by atoms with Crippen molar-refractivity contribution >= 4 is 23.0 Å². The van der Waals surface area contributed by atoms with Crippen molar-refractivity contribution in [2.24, 2.45) is 0 Å². The highest BCUT2D eigenvalue weighted by molar-refractivity contribution is 5.91. The molecule has 0 N–H and O–H groups in total. The van der Waals surface area contributed by atoms with Gasteiger partial charge < -0.3 is 23.7 Å². The van der Waals surface area contributed by atoms with Crippen molar-refractivity contribution in [2.75, 3.05) is 14.2 Å². The first-order valence-electron chi connectivity index (χ1n) is 13.8. The van der Waals surface area contributed by atoms with Gasteiger partial charge >= 0.3 is 12.2 Å². The third-order valence-electron chi connectivity index (χ3n) is 5.68. The van der Waals surface area contributed by atoms with Crippen molar-refractivity contribution in [3.05, 3.63) is 59.4 Å². The normalized spacial score (nSPS) is 11.7. The number of carbonyl (C=O) groups excluding carboxylic acids is 2. The predicted octanol–water partition coefficient (Wildman–Crippen LogP) is 7.23. The number of nitrogens with zero attached hydrogens (tertiary/aromatic N) is 2. The molecule has 0 aliphatic heterocycles. The van der Waals surface area contributed by atoms with E-state index in [2.05, 4.69) is 0 Å². The number of fused-ring (bicyclic) bond motifs is 1. The van der Waals surface area contributed by atoms with Gasteiger partial charge in [0.1, 0.15) is 17.0 Å². The molecule has 0 bridgehead atoms. The second kappa shape index (κ2) is 13.2. The van der Waals surface area contributed by atoms with Gasteiger partial charge in [0.05, 0.1) is 32.6 Å². The van der Waals surface area contributed by atoms with E-state index in [9.17, 15) is 9.59 Å². The Morgan fingerprint density at radius 1 is 0.881 bits per heavy atom. The number of hydrogen-bond donors (Lipinski definition) is 0. The Balaban J connectivity index is 2.08. The van der Waals surface area contributed by atoms with Gasteiger partial charge in [-0.05, 0) is 90.6 Å². The van der Waals surface area contributed by atoms with Crippen LogP contribution in [0.2, 0.25) is 0 Å². The van der Waals surface area contributed by atoms with Crippen LogP contribution in [-0.2, 0) is 27.3 Å². The molecule has 0 aliphatic carbocycles. The third kappa shape index (κ3) is 9.15. The molecule has 0 radical (unpaired) electrons. The second-order valence-corrected chi connectivity index (χ2v) is 12.0. The number of amides is 1. The fraction of sp³-hybridized carbons (Fsp3) is 0.469. The largest absolute Gasteiger partial charge is 0.534 e. The number of aromatic nitrogens is 1. The maximum Gasteiger partial charge on any atom is 0.534 e. The molecule has 3 aromatic rings. The number of methoxy groups -OCH3 is 2. The first-order chi connectivity index (χ1) is 19.6. The lowest BCUT2D eigenvalue weighted by atomic mass is 9.99. The lowest BCUT2D eigenvalue weighted by molar-refractivity contribution is -0.140. The second-order valence-electron chi connectivity index (χ2n) is 12.0. The van der Waals surface area contributed by atoms with Gasteiger partial charge in [-0.25, -0.2) is 9.59 Å². The fourth-order valence-corrected chi connectivity index (χ4v) is 4.10. The lowest BCUT2D eigenvalue weighted by Gasteiger charge is -2.27. The zero-order valence-electron chi connectivity index (χ0n) is 26.2. The van der Waals surface area contributed by atoms with Crippen molar-refractivity contribution in [1.82, 2.24) is 10.0 Å². The summed E-state index contributed by atoms with van der Waals surface area (Å²) in [5.74, 6) is 1.79. The van der Waals surface area contributed by atoms with Crippen molar-refractivity contribution in [3.63, 3.8) is 0 Å². The number of carbonyl (C=O) groups is 2. The number of hydrogen-bond acceptors (Lipinski definition) is 9. The van der Waals surface area contributed by atoms with Gasteiger partial charge in [0.25, 0.3) is 0 Å². The topological polar surface area (TPSA) is 106 Å². The smallest absolute Gasteiger partial charge is 0.493 e. The van der Waals surface area contributed by atoms with E-state index in [0.717, 1.165) is 32.8 Å². The van der Waals surface area contributed by atoms with Gasteiger partial charge in [-0.1, -0.05) is 12.1 Å². The summed E-state index contributed by atoms with van der Waals surface area (Å²) in [7, 11) is 3.11. The van der Waals surface area contributed by atoms with E-state index in [1.165, 1.54) is 0 Å². The van der Waals surface area contributed by atoms with Gasteiger partial charge in [0, 0.05) is 23.6 Å². The van der Waals surface area contributed by atoms with Crippen LogP contribution in [0, 0.1) is 0 Å². The van der Waals surface area contributed by atoms with E-state index < -0.39 is 23.5 Å². The number of benzene rings is 2. The monoisotopic (exact) mass is 582 g/mol. The van der Waals surface area contributed by atoms with Crippen LogP contribution in [0.25, 0.3) is 10.8 Å². The Hall–Kier alpha value is -4.21. The Morgan fingerprint density at radius 2 is 1.50 bits per heavy atom. The summed E-state index contributed by atoms with van der Waals surface area (Å²) in [4.78, 5) is 35.8. The zero-order chi connectivity index (χ0) is 31.2. The first kappa shape index (κ1) is 32.3. The molecular weight excluding hydrogens is 540 g/mol. The van der Waals surface area contributed by atoms with Crippen LogP contribution in [0.5, 0.6) is 17.2 Å². The number of ether oxygens (including phenoxy) is 5. The molecule has 1 heterocycles. The molecule has 228 valence electrons. The Morgan fingerprint density at radius 3 is 2.07 bits per heavy atom. The average Bonchev–Trinajstić information content (AvgIpc) is 2.86. The SMILES string of the molecule is COc1cc2c(CN(OC(=O)OC(C)(C)C)C(=O)OC(C)(C)C)cnc(Cc3cccc(OC(C)C)c3)c2cc1OC. The van der Waals surface area contributed by atoms with E-state index in [-0.39, 0.29) is 12.6 Å². The molecule has 10 nitrogen and oxygen atoms in total. The maximum atomic E-state index is 13.1. The number of rotatable bonds is 8. The van der Waals surface area contributed by atoms with Crippen LogP contribution in [0.3, 0.4) is 0 Å². The van der Waals surface area contributed by atoms with Gasteiger partial charge in [0.15, 0.2) is 11.5 Å². The highest BCUT2D eigenvalue weighted by Crippen LogP contribution is 2.36. The minimum Gasteiger partial charge on any atom is -0.493 e. The Bertz CT molecular complexity index is 1410. The number of pyridine rings is 1. The van der Waals surface area contributed by atoms with E-state index >= 15 is 0 Å². The zero-order valence-corrected chi connectivity index (χ0v) is 26.2. The van der Waals surface area contributed by atoms with Gasteiger partial charge in [-0.15, -0.1) is 5.06 Å². The van der Waals surface area contributed by atoms with Crippen LogP contribution in [-0.4, -0.2) is 53.8 Å². The summed E-state index contributed by atoms with van der Waals surface area (Å²) in [6.07, 6.45) is 0.309. The van der Waals surface area contributed by atoms with Gasteiger partial charge in [-0.2, -0.15) is 0 Å². The molecule has 1 amide bonds. The number of hydroxylamine groups is 2. The van der Waals surface area contributed by atoms with E-state index in [1.54, 1.807) is 62.0 Å². The summed E-state index contributed by atoms with van der Waals surface area (Å²) in [6, 6.07) is 11.5. The molecule has 3 rings (SSSR count). The molecule has 0 spiro atoms. The summed E-state index contributed by atoms with van der Waals surface area (Å²) >= 11 is 0. The molecule has 10 heteroatoms. The molecule has 0 aliphatic rings. The molecule has 1 aromatic heterocycles. The molecule has 42 heavy (non-hydrogen) atoms. The standard InChI is InChI=1S/C32H42N2O8/c1-20(2)39-23-13-11-12-21(14-23)15-26-25-17-28(38-10)27(37-9)16-24(25)22(18-33-26)19-34(29(35)40-31(3,4)5)42-30(36)41-32(6,7)8/h11-14,16-18,20H,15,19H2,1-10H3. The maximum absolute atomic E-state index is 13.1. The first-order valence-corrected chi connectivity index (χ1v) is 13.8.